The van der Waals surface area contributed by atoms with Crippen molar-refractivity contribution in [1.82, 2.24) is 14.6 Å². The highest BCUT2D eigenvalue weighted by Gasteiger charge is 2.38. The van der Waals surface area contributed by atoms with Crippen molar-refractivity contribution >= 4 is 33.4 Å². The van der Waals surface area contributed by atoms with Crippen LogP contribution in [-0.4, -0.2) is 56.6 Å². The van der Waals surface area contributed by atoms with Crippen LogP contribution in [0.3, 0.4) is 0 Å². The molecule has 2 aromatic heterocycles. The first kappa shape index (κ1) is 33.9. The summed E-state index contributed by atoms with van der Waals surface area (Å²) >= 11 is 3.20. The minimum atomic E-state index is -4.44. The zero-order valence-corrected chi connectivity index (χ0v) is 27.1. The minimum Gasteiger partial charge on any atom is -0.479 e. The molecule has 1 unspecified atom stereocenters. The quantitative estimate of drug-likeness (QED) is 0.215. The van der Waals surface area contributed by atoms with Gasteiger partial charge in [-0.25, -0.2) is 9.78 Å². The van der Waals surface area contributed by atoms with E-state index in [-0.39, 0.29) is 18.8 Å². The fraction of sp³-hybridized carbons (Fsp3) is 0.516. The van der Waals surface area contributed by atoms with Gasteiger partial charge < -0.3 is 24.2 Å². The largest absolute Gasteiger partial charge is 0.479 e. The Morgan fingerprint density at radius 3 is 2.45 bits per heavy atom. The molecule has 1 aromatic carbocycles. The van der Waals surface area contributed by atoms with E-state index in [1.165, 1.54) is 6.07 Å². The van der Waals surface area contributed by atoms with E-state index in [9.17, 15) is 23.1 Å². The monoisotopic (exact) mass is 682 g/mol. The van der Waals surface area contributed by atoms with Crippen LogP contribution in [0, 0.1) is 6.92 Å². The summed E-state index contributed by atoms with van der Waals surface area (Å²) in [7, 11) is 0. The van der Waals surface area contributed by atoms with Gasteiger partial charge in [-0.1, -0.05) is 28.1 Å². The summed E-state index contributed by atoms with van der Waals surface area (Å²) in [5.41, 5.74) is 0.647. The average molecular weight is 684 g/mol. The smallest absolute Gasteiger partial charge is 0.416 e. The molecule has 13 heteroatoms. The predicted octanol–water partition coefficient (Wildman–Crippen LogP) is 7.04. The molecule has 1 aliphatic rings. The lowest BCUT2D eigenvalue weighted by molar-refractivity contribution is -0.160. The third kappa shape index (κ3) is 7.98. The van der Waals surface area contributed by atoms with Crippen molar-refractivity contribution in [2.75, 3.05) is 24.6 Å². The number of aliphatic carboxylic acids is 1. The minimum absolute atomic E-state index is 0.0487. The Morgan fingerprint density at radius 2 is 1.89 bits per heavy atom. The number of anilines is 1. The Labute approximate surface area is 263 Å². The number of hydrogen-bond donors (Lipinski definition) is 1. The van der Waals surface area contributed by atoms with Crippen molar-refractivity contribution in [3.8, 4) is 0 Å². The number of alkyl halides is 3. The molecule has 44 heavy (non-hydrogen) atoms. The van der Waals surface area contributed by atoms with Gasteiger partial charge in [0.05, 0.1) is 47.8 Å². The van der Waals surface area contributed by atoms with Crippen LogP contribution in [0.15, 0.2) is 41.4 Å². The van der Waals surface area contributed by atoms with Crippen molar-refractivity contribution in [3.05, 3.63) is 69.5 Å². The molecule has 0 radical (unpaired) electrons. The molecule has 0 saturated carbocycles. The highest BCUT2D eigenvalue weighted by Crippen LogP contribution is 2.38. The van der Waals surface area contributed by atoms with Gasteiger partial charge in [-0.3, -0.25) is 0 Å². The summed E-state index contributed by atoms with van der Waals surface area (Å²) in [6.45, 7) is 14.6. The maximum Gasteiger partial charge on any atom is 0.416 e. The van der Waals surface area contributed by atoms with Crippen molar-refractivity contribution in [1.29, 1.82) is 0 Å². The second-order valence-electron chi connectivity index (χ2n) is 12.1. The third-order valence-corrected chi connectivity index (χ3v) is 8.11. The molecule has 1 atom stereocenters. The second-order valence-corrected chi connectivity index (χ2v) is 13.0. The molecule has 0 amide bonds. The summed E-state index contributed by atoms with van der Waals surface area (Å²) < 4.78 is 59.0. The van der Waals surface area contributed by atoms with E-state index >= 15 is 0 Å². The van der Waals surface area contributed by atoms with Crippen molar-refractivity contribution in [2.24, 2.45) is 0 Å². The first-order valence-electron chi connectivity index (χ1n) is 14.2. The zero-order valence-electron chi connectivity index (χ0n) is 25.5. The Hall–Kier alpha value is -3.00. The fourth-order valence-corrected chi connectivity index (χ4v) is 5.63. The SMILES string of the molecule is C=CCOC1(C)CCN(c2c(C(OC(C)(C)C)C(=O)O)c(C)nc3cc(COCc4ccc(C(F)(F)F)cc4Br)nn23)CC1. The molecular formula is C31H38BrF3N4O5. The maximum atomic E-state index is 13.0. The van der Waals surface area contributed by atoms with Crippen LogP contribution < -0.4 is 4.90 Å². The van der Waals surface area contributed by atoms with Crippen LogP contribution in [0.4, 0.5) is 19.0 Å². The molecule has 240 valence electrons. The lowest BCUT2D eigenvalue weighted by atomic mass is 9.92. The molecule has 1 N–H and O–H groups in total. The molecule has 3 heterocycles. The van der Waals surface area contributed by atoms with Gasteiger partial charge in [-0.05, 0) is 65.2 Å². The van der Waals surface area contributed by atoms with Gasteiger partial charge in [-0.15, -0.1) is 6.58 Å². The van der Waals surface area contributed by atoms with E-state index in [4.69, 9.17) is 24.3 Å². The predicted molar refractivity (Wildman–Crippen MR) is 163 cm³/mol. The summed E-state index contributed by atoms with van der Waals surface area (Å²) in [4.78, 5) is 19.4. The number of fused-ring (bicyclic) bond motifs is 1. The van der Waals surface area contributed by atoms with Crippen LogP contribution >= 0.6 is 15.9 Å². The number of carboxylic acids is 1. The lowest BCUT2D eigenvalue weighted by Gasteiger charge is -2.41. The van der Waals surface area contributed by atoms with Gasteiger partial charge in [0.2, 0.25) is 0 Å². The number of ether oxygens (including phenoxy) is 3. The highest BCUT2D eigenvalue weighted by atomic mass is 79.9. The first-order valence-corrected chi connectivity index (χ1v) is 15.0. The topological polar surface area (TPSA) is 98.4 Å². The summed E-state index contributed by atoms with van der Waals surface area (Å²) in [5, 5.41) is 15.0. The Bertz CT molecular complexity index is 1510. The fourth-order valence-electron chi connectivity index (χ4n) is 5.13. The van der Waals surface area contributed by atoms with Gasteiger partial charge in [0.1, 0.15) is 5.82 Å². The number of carbonyl (C=O) groups is 1. The molecule has 9 nitrogen and oxygen atoms in total. The van der Waals surface area contributed by atoms with E-state index in [1.807, 2.05) is 0 Å². The van der Waals surface area contributed by atoms with E-state index < -0.39 is 29.4 Å². The summed E-state index contributed by atoms with van der Waals surface area (Å²) in [5.74, 6) is -0.564. The summed E-state index contributed by atoms with van der Waals surface area (Å²) in [6, 6.07) is 5.16. The van der Waals surface area contributed by atoms with Crippen molar-refractivity contribution in [3.63, 3.8) is 0 Å². The molecule has 1 fully saturated rings. The molecular weight excluding hydrogens is 645 g/mol. The van der Waals surface area contributed by atoms with E-state index in [2.05, 4.69) is 34.3 Å². The number of hydrogen-bond acceptors (Lipinski definition) is 7. The number of carboxylic acid groups (broad SMARTS) is 1. The molecule has 1 saturated heterocycles. The molecule has 0 spiro atoms. The van der Waals surface area contributed by atoms with Gasteiger partial charge in [0.25, 0.3) is 0 Å². The van der Waals surface area contributed by atoms with Crippen LogP contribution in [0.5, 0.6) is 0 Å². The normalized spacial score (nSPS) is 16.3. The number of piperidine rings is 1. The van der Waals surface area contributed by atoms with Gasteiger partial charge in [-0.2, -0.15) is 22.8 Å². The molecule has 1 aliphatic heterocycles. The Kier molecular flexibility index (Phi) is 10.1. The van der Waals surface area contributed by atoms with Crippen LogP contribution in [0.1, 0.15) is 74.7 Å². The number of rotatable bonds is 11. The standard InChI is InChI=1S/C31H38BrF3N4O5/c1-7-14-43-30(6)10-12-38(13-11-30)27-25(26(28(40)41)44-29(3,4)5)19(2)36-24-16-22(37-39(24)27)18-42-17-20-8-9-21(15-23(20)32)31(33,34)35/h7-9,15-16,26H,1,10-14,17-18H2,2-6H3,(H,40,41). The number of nitrogens with zero attached hydrogens (tertiary/aromatic N) is 4. The van der Waals surface area contributed by atoms with E-state index in [0.717, 1.165) is 12.1 Å². The maximum absolute atomic E-state index is 13.0. The zero-order chi connectivity index (χ0) is 32.4. The number of halogens is 4. The molecule has 0 aliphatic carbocycles. The van der Waals surface area contributed by atoms with E-state index in [0.29, 0.717) is 71.0 Å². The Morgan fingerprint density at radius 1 is 1.20 bits per heavy atom. The van der Waals surface area contributed by atoms with Crippen molar-refractivity contribution < 1.29 is 37.3 Å². The van der Waals surface area contributed by atoms with Crippen LogP contribution in [0.25, 0.3) is 5.65 Å². The summed E-state index contributed by atoms with van der Waals surface area (Å²) in [6.07, 6.45) is -2.63. The number of benzene rings is 1. The molecule has 4 rings (SSSR count). The van der Waals surface area contributed by atoms with Crippen LogP contribution in [-0.2, 0) is 38.4 Å². The van der Waals surface area contributed by atoms with E-state index in [1.54, 1.807) is 44.4 Å². The first-order chi connectivity index (χ1) is 20.5. The number of aryl methyl sites for hydroxylation is 1. The lowest BCUT2D eigenvalue weighted by Crippen LogP contribution is -2.45. The van der Waals surface area contributed by atoms with Crippen LogP contribution in [0.2, 0.25) is 0 Å². The second kappa shape index (κ2) is 13.2. The molecule has 0 bridgehead atoms. The number of aromatic nitrogens is 3. The highest BCUT2D eigenvalue weighted by molar-refractivity contribution is 9.10. The Balaban J connectivity index is 1.67. The van der Waals surface area contributed by atoms with Gasteiger partial charge in [0, 0.05) is 29.3 Å². The van der Waals surface area contributed by atoms with Gasteiger partial charge in [0.15, 0.2) is 11.8 Å². The molecule has 3 aromatic rings. The average Bonchev–Trinajstić information content (AvgIpc) is 3.32. The van der Waals surface area contributed by atoms with Crippen molar-refractivity contribution in [2.45, 2.75) is 84.2 Å². The third-order valence-electron chi connectivity index (χ3n) is 7.37. The van der Waals surface area contributed by atoms with Gasteiger partial charge >= 0.3 is 12.1 Å².